The average molecular weight is 355 g/mol. The first-order valence-corrected chi connectivity index (χ1v) is 7.71. The Kier molecular flexibility index (Phi) is 5.88. The number of aliphatic hydroxyl groups is 1. The number of carbonyl (C=O) groups excluding carboxylic acids is 1. The van der Waals surface area contributed by atoms with Gasteiger partial charge in [0, 0.05) is 0 Å². The van der Waals surface area contributed by atoms with Gasteiger partial charge in [0.25, 0.3) is 0 Å². The van der Waals surface area contributed by atoms with Gasteiger partial charge in [0.05, 0.1) is 28.8 Å². The van der Waals surface area contributed by atoms with Crippen molar-refractivity contribution in [1.29, 1.82) is 0 Å². The van der Waals surface area contributed by atoms with Gasteiger partial charge in [0.2, 0.25) is 0 Å². The van der Waals surface area contributed by atoms with Crippen LogP contribution in [0.3, 0.4) is 0 Å². The van der Waals surface area contributed by atoms with Crippen LogP contribution in [0, 0.1) is 0 Å². The Morgan fingerprint density at radius 3 is 2.57 bits per heavy atom. The van der Waals surface area contributed by atoms with E-state index in [9.17, 15) is 15.0 Å². The summed E-state index contributed by atoms with van der Waals surface area (Å²) in [7, 11) is 1.29. The maximum atomic E-state index is 11.5. The van der Waals surface area contributed by atoms with Crippen molar-refractivity contribution in [3.05, 3.63) is 63.1 Å². The van der Waals surface area contributed by atoms with E-state index in [-0.39, 0.29) is 5.75 Å². The van der Waals surface area contributed by atoms with E-state index in [4.69, 9.17) is 23.2 Å². The molecule has 2 rings (SSSR count). The second kappa shape index (κ2) is 7.68. The number of phenolic OH excluding ortho intramolecular Hbond substituents is 1. The summed E-state index contributed by atoms with van der Waals surface area (Å²) >= 11 is 11.8. The number of ether oxygens (including phenoxy) is 1. The van der Waals surface area contributed by atoms with Crippen molar-refractivity contribution in [3.8, 4) is 5.75 Å². The number of esters is 1. The number of hydrogen-bond acceptors (Lipinski definition) is 4. The standard InChI is InChI=1S/C17H16Cl2O4/c1-23-17(22)12-4-7-15(20)10(8-12)3-6-16(21)11-2-5-13(18)14(19)9-11/h2,4-5,7-9,16,20-21H,3,6H2,1H3. The van der Waals surface area contributed by atoms with Crippen molar-refractivity contribution in [2.45, 2.75) is 18.9 Å². The molecule has 0 aliphatic carbocycles. The molecule has 0 amide bonds. The predicted octanol–water partition coefficient (Wildman–Crippen LogP) is 4.15. The van der Waals surface area contributed by atoms with E-state index in [0.717, 1.165) is 0 Å². The predicted molar refractivity (Wildman–Crippen MR) is 89.2 cm³/mol. The van der Waals surface area contributed by atoms with Crippen LogP contribution in [0.1, 0.15) is 34.0 Å². The lowest BCUT2D eigenvalue weighted by Crippen LogP contribution is -2.03. The highest BCUT2D eigenvalue weighted by Gasteiger charge is 2.13. The number of halogens is 2. The second-order valence-electron chi connectivity index (χ2n) is 5.06. The molecule has 0 saturated heterocycles. The molecule has 2 aromatic carbocycles. The van der Waals surface area contributed by atoms with Gasteiger partial charge in [-0.05, 0) is 54.3 Å². The molecule has 6 heteroatoms. The first kappa shape index (κ1) is 17.6. The number of aryl methyl sites for hydroxylation is 1. The van der Waals surface area contributed by atoms with Crippen LogP contribution in [-0.2, 0) is 11.2 Å². The quantitative estimate of drug-likeness (QED) is 0.791. The van der Waals surface area contributed by atoms with E-state index in [2.05, 4.69) is 4.74 Å². The third-order valence-corrected chi connectivity index (χ3v) is 4.26. The minimum Gasteiger partial charge on any atom is -0.508 e. The summed E-state index contributed by atoms with van der Waals surface area (Å²) in [5, 5.41) is 20.9. The van der Waals surface area contributed by atoms with E-state index >= 15 is 0 Å². The van der Waals surface area contributed by atoms with Gasteiger partial charge in [-0.3, -0.25) is 0 Å². The summed E-state index contributed by atoms with van der Waals surface area (Å²) < 4.78 is 4.65. The molecule has 122 valence electrons. The molecule has 4 nitrogen and oxygen atoms in total. The Morgan fingerprint density at radius 1 is 1.17 bits per heavy atom. The SMILES string of the molecule is COC(=O)c1ccc(O)c(CCC(O)c2ccc(Cl)c(Cl)c2)c1. The molecule has 0 bridgehead atoms. The van der Waals surface area contributed by atoms with Crippen LogP contribution in [0.15, 0.2) is 36.4 Å². The van der Waals surface area contributed by atoms with Crippen LogP contribution in [0.5, 0.6) is 5.75 Å². The molecule has 0 spiro atoms. The topological polar surface area (TPSA) is 66.8 Å². The van der Waals surface area contributed by atoms with Crippen LogP contribution in [0.25, 0.3) is 0 Å². The number of aliphatic hydroxyl groups excluding tert-OH is 1. The molecule has 0 aliphatic rings. The number of benzene rings is 2. The van der Waals surface area contributed by atoms with Crippen LogP contribution in [0.4, 0.5) is 0 Å². The minimum atomic E-state index is -0.758. The summed E-state index contributed by atoms with van der Waals surface area (Å²) in [5.41, 5.74) is 1.55. The van der Waals surface area contributed by atoms with Crippen molar-refractivity contribution in [2.75, 3.05) is 7.11 Å². The van der Waals surface area contributed by atoms with Gasteiger partial charge in [-0.25, -0.2) is 4.79 Å². The van der Waals surface area contributed by atoms with Gasteiger partial charge < -0.3 is 14.9 Å². The maximum absolute atomic E-state index is 11.5. The minimum absolute atomic E-state index is 0.0685. The van der Waals surface area contributed by atoms with E-state index < -0.39 is 12.1 Å². The third-order valence-electron chi connectivity index (χ3n) is 3.52. The molecule has 0 fully saturated rings. The summed E-state index contributed by atoms with van der Waals surface area (Å²) in [6.07, 6.45) is -0.0141. The highest BCUT2D eigenvalue weighted by molar-refractivity contribution is 6.42. The van der Waals surface area contributed by atoms with Gasteiger partial charge >= 0.3 is 5.97 Å². The number of phenols is 1. The number of methoxy groups -OCH3 is 1. The Morgan fingerprint density at radius 2 is 1.91 bits per heavy atom. The van der Waals surface area contributed by atoms with Gasteiger partial charge in [-0.15, -0.1) is 0 Å². The Labute approximate surface area is 144 Å². The lowest BCUT2D eigenvalue weighted by atomic mass is 9.99. The maximum Gasteiger partial charge on any atom is 0.337 e. The van der Waals surface area contributed by atoms with Crippen LogP contribution >= 0.6 is 23.2 Å². The van der Waals surface area contributed by atoms with E-state index in [0.29, 0.717) is 39.6 Å². The smallest absolute Gasteiger partial charge is 0.337 e. The molecule has 2 N–H and O–H groups in total. The summed E-state index contributed by atoms with van der Waals surface area (Å²) in [6.45, 7) is 0. The van der Waals surface area contributed by atoms with E-state index in [1.807, 2.05) is 0 Å². The van der Waals surface area contributed by atoms with Gasteiger partial charge in [-0.2, -0.15) is 0 Å². The monoisotopic (exact) mass is 354 g/mol. The fourth-order valence-electron chi connectivity index (χ4n) is 2.21. The third kappa shape index (κ3) is 4.38. The van der Waals surface area contributed by atoms with Crippen LogP contribution in [-0.4, -0.2) is 23.3 Å². The summed E-state index contributed by atoms with van der Waals surface area (Å²) in [6, 6.07) is 9.41. The zero-order valence-electron chi connectivity index (χ0n) is 12.4. The van der Waals surface area contributed by atoms with Crippen molar-refractivity contribution in [1.82, 2.24) is 0 Å². The molecule has 23 heavy (non-hydrogen) atoms. The van der Waals surface area contributed by atoms with Crippen LogP contribution in [0.2, 0.25) is 10.0 Å². The molecule has 0 radical (unpaired) electrons. The molecule has 2 aromatic rings. The van der Waals surface area contributed by atoms with Gasteiger partial charge in [-0.1, -0.05) is 29.3 Å². The van der Waals surface area contributed by atoms with Crippen molar-refractivity contribution in [2.24, 2.45) is 0 Å². The normalized spacial score (nSPS) is 12.0. The zero-order valence-corrected chi connectivity index (χ0v) is 13.9. The summed E-state index contributed by atoms with van der Waals surface area (Å²) in [4.78, 5) is 11.5. The van der Waals surface area contributed by atoms with E-state index in [1.165, 1.54) is 19.2 Å². The lowest BCUT2D eigenvalue weighted by Gasteiger charge is -2.13. The first-order chi connectivity index (χ1) is 10.9. The van der Waals surface area contributed by atoms with Crippen molar-refractivity contribution < 1.29 is 19.7 Å². The Bertz CT molecular complexity index is 716. The molecule has 0 heterocycles. The molecule has 1 atom stereocenters. The number of aromatic hydroxyl groups is 1. The molecule has 0 saturated carbocycles. The second-order valence-corrected chi connectivity index (χ2v) is 5.88. The molecular formula is C17H16Cl2O4. The molecule has 1 unspecified atom stereocenters. The number of hydrogen-bond donors (Lipinski definition) is 2. The molecule has 0 aliphatic heterocycles. The summed E-state index contributed by atoms with van der Waals surface area (Å²) in [5.74, 6) is -0.407. The number of carbonyl (C=O) groups is 1. The lowest BCUT2D eigenvalue weighted by molar-refractivity contribution is 0.0600. The fraction of sp³-hybridized carbons (Fsp3) is 0.235. The number of rotatable bonds is 5. The Hall–Kier alpha value is -1.75. The average Bonchev–Trinajstić information content (AvgIpc) is 2.55. The fourth-order valence-corrected chi connectivity index (χ4v) is 2.52. The van der Waals surface area contributed by atoms with Crippen molar-refractivity contribution >= 4 is 29.2 Å². The van der Waals surface area contributed by atoms with Gasteiger partial charge in [0.15, 0.2) is 0 Å². The zero-order chi connectivity index (χ0) is 17.0. The van der Waals surface area contributed by atoms with Gasteiger partial charge in [0.1, 0.15) is 5.75 Å². The van der Waals surface area contributed by atoms with Crippen molar-refractivity contribution in [3.63, 3.8) is 0 Å². The Balaban J connectivity index is 2.10. The first-order valence-electron chi connectivity index (χ1n) is 6.95. The largest absolute Gasteiger partial charge is 0.508 e. The van der Waals surface area contributed by atoms with Crippen LogP contribution < -0.4 is 0 Å². The molecule has 0 aromatic heterocycles. The molecular weight excluding hydrogens is 339 g/mol. The van der Waals surface area contributed by atoms with E-state index in [1.54, 1.807) is 24.3 Å². The highest BCUT2D eigenvalue weighted by atomic mass is 35.5. The highest BCUT2D eigenvalue weighted by Crippen LogP contribution is 2.29.